The van der Waals surface area contributed by atoms with E-state index < -0.39 is 0 Å². The van der Waals surface area contributed by atoms with Gasteiger partial charge in [0.05, 0.1) is 0 Å². The molecular formula is C14H26N2O. The van der Waals surface area contributed by atoms with Gasteiger partial charge in [-0.05, 0) is 30.7 Å². The van der Waals surface area contributed by atoms with Gasteiger partial charge in [0.1, 0.15) is 0 Å². The zero-order chi connectivity index (χ0) is 12.7. The number of rotatable bonds is 1. The lowest BCUT2D eigenvalue weighted by atomic mass is 9.72. The van der Waals surface area contributed by atoms with Crippen molar-refractivity contribution >= 4 is 5.91 Å². The summed E-state index contributed by atoms with van der Waals surface area (Å²) in [6.45, 7) is 10.8. The van der Waals surface area contributed by atoms with Gasteiger partial charge in [-0.15, -0.1) is 0 Å². The number of amides is 1. The second kappa shape index (κ2) is 4.27. The highest BCUT2D eigenvalue weighted by molar-refractivity contribution is 5.76. The molecule has 2 fully saturated rings. The van der Waals surface area contributed by atoms with Gasteiger partial charge in [0.2, 0.25) is 5.91 Å². The van der Waals surface area contributed by atoms with Gasteiger partial charge in [0.15, 0.2) is 0 Å². The van der Waals surface area contributed by atoms with Crippen LogP contribution in [0.4, 0.5) is 0 Å². The molecule has 0 N–H and O–H groups in total. The van der Waals surface area contributed by atoms with Crippen molar-refractivity contribution in [3.05, 3.63) is 0 Å². The normalized spacial score (nSPS) is 24.8. The molecule has 0 aromatic heterocycles. The van der Waals surface area contributed by atoms with E-state index in [-0.39, 0.29) is 5.41 Å². The summed E-state index contributed by atoms with van der Waals surface area (Å²) >= 11 is 0. The molecule has 0 unspecified atom stereocenters. The van der Waals surface area contributed by atoms with Crippen molar-refractivity contribution in [2.45, 2.75) is 40.0 Å². The van der Waals surface area contributed by atoms with Crippen molar-refractivity contribution in [2.75, 3.05) is 33.2 Å². The van der Waals surface area contributed by atoms with Crippen LogP contribution in [0.2, 0.25) is 0 Å². The van der Waals surface area contributed by atoms with Gasteiger partial charge in [-0.1, -0.05) is 20.8 Å². The lowest BCUT2D eigenvalue weighted by Crippen LogP contribution is -2.59. The Morgan fingerprint density at radius 2 is 1.71 bits per heavy atom. The standard InChI is InChI=1S/C14H26N2O/c1-13(2,3)9-12(17)16-7-5-14(6-8-16)10-15(4)11-14/h5-11H2,1-4H3. The summed E-state index contributed by atoms with van der Waals surface area (Å²) in [5.41, 5.74) is 0.663. The molecule has 3 nitrogen and oxygen atoms in total. The number of carbonyl (C=O) groups excluding carboxylic acids is 1. The van der Waals surface area contributed by atoms with Gasteiger partial charge < -0.3 is 9.80 Å². The maximum Gasteiger partial charge on any atom is 0.223 e. The van der Waals surface area contributed by atoms with Crippen molar-refractivity contribution in [1.29, 1.82) is 0 Å². The van der Waals surface area contributed by atoms with Crippen LogP contribution in [0.5, 0.6) is 0 Å². The van der Waals surface area contributed by atoms with Crippen LogP contribution in [0.15, 0.2) is 0 Å². The minimum absolute atomic E-state index is 0.114. The molecule has 3 heteroatoms. The third kappa shape index (κ3) is 3.01. The minimum atomic E-state index is 0.114. The van der Waals surface area contributed by atoms with Crippen LogP contribution in [0, 0.1) is 10.8 Å². The van der Waals surface area contributed by atoms with Crippen molar-refractivity contribution in [3.8, 4) is 0 Å². The van der Waals surface area contributed by atoms with Crippen LogP contribution in [0.1, 0.15) is 40.0 Å². The van der Waals surface area contributed by atoms with Crippen LogP contribution in [-0.4, -0.2) is 48.9 Å². The van der Waals surface area contributed by atoms with E-state index in [2.05, 4.69) is 37.6 Å². The fourth-order valence-electron chi connectivity index (χ4n) is 3.21. The van der Waals surface area contributed by atoms with Crippen LogP contribution >= 0.6 is 0 Å². The second-order valence-corrected chi connectivity index (χ2v) is 7.29. The molecule has 0 aliphatic carbocycles. The molecule has 0 bridgehead atoms. The smallest absolute Gasteiger partial charge is 0.223 e. The Morgan fingerprint density at radius 3 is 2.12 bits per heavy atom. The Balaban J connectivity index is 1.81. The Hall–Kier alpha value is -0.570. The fraction of sp³-hybridized carbons (Fsp3) is 0.929. The molecule has 2 heterocycles. The number of nitrogens with zero attached hydrogens (tertiary/aromatic N) is 2. The van der Waals surface area contributed by atoms with Gasteiger partial charge in [-0.25, -0.2) is 0 Å². The number of hydrogen-bond acceptors (Lipinski definition) is 2. The number of hydrogen-bond donors (Lipinski definition) is 0. The van der Waals surface area contributed by atoms with Crippen molar-refractivity contribution in [3.63, 3.8) is 0 Å². The van der Waals surface area contributed by atoms with Gasteiger partial charge in [-0.2, -0.15) is 0 Å². The minimum Gasteiger partial charge on any atom is -0.343 e. The molecule has 2 rings (SSSR count). The average Bonchev–Trinajstić information content (AvgIpc) is 2.14. The van der Waals surface area contributed by atoms with E-state index >= 15 is 0 Å². The monoisotopic (exact) mass is 238 g/mol. The first-order valence-corrected chi connectivity index (χ1v) is 6.76. The van der Waals surface area contributed by atoms with Crippen LogP contribution in [-0.2, 0) is 4.79 Å². The first kappa shape index (κ1) is 12.9. The Morgan fingerprint density at radius 1 is 1.18 bits per heavy atom. The summed E-state index contributed by atoms with van der Waals surface area (Å²) in [5, 5.41) is 0. The van der Waals surface area contributed by atoms with Gasteiger partial charge >= 0.3 is 0 Å². The molecule has 1 amide bonds. The zero-order valence-corrected chi connectivity index (χ0v) is 11.8. The molecular weight excluding hydrogens is 212 g/mol. The van der Waals surface area contributed by atoms with E-state index in [1.807, 2.05) is 0 Å². The van der Waals surface area contributed by atoms with Gasteiger partial charge in [-0.3, -0.25) is 4.79 Å². The molecule has 2 saturated heterocycles. The van der Waals surface area contributed by atoms with Crippen molar-refractivity contribution in [2.24, 2.45) is 10.8 Å². The quantitative estimate of drug-likeness (QED) is 0.697. The van der Waals surface area contributed by atoms with E-state index in [4.69, 9.17) is 0 Å². The molecule has 2 aliphatic heterocycles. The summed E-state index contributed by atoms with van der Waals surface area (Å²) in [5.74, 6) is 0.347. The topological polar surface area (TPSA) is 23.6 Å². The second-order valence-electron chi connectivity index (χ2n) is 7.29. The lowest BCUT2D eigenvalue weighted by molar-refractivity contribution is -0.137. The van der Waals surface area contributed by atoms with Crippen LogP contribution < -0.4 is 0 Å². The Kier molecular flexibility index (Phi) is 3.23. The molecule has 98 valence electrons. The van der Waals surface area contributed by atoms with E-state index in [9.17, 15) is 4.79 Å². The van der Waals surface area contributed by atoms with E-state index in [0.717, 1.165) is 13.1 Å². The highest BCUT2D eigenvalue weighted by Gasteiger charge is 2.43. The molecule has 1 spiro atoms. The highest BCUT2D eigenvalue weighted by atomic mass is 16.2. The first-order chi connectivity index (χ1) is 7.80. The summed E-state index contributed by atoms with van der Waals surface area (Å²) in [6, 6.07) is 0. The predicted octanol–water partition coefficient (Wildman–Crippen LogP) is 1.98. The number of likely N-dealkylation sites (tertiary alicyclic amines) is 2. The summed E-state index contributed by atoms with van der Waals surface area (Å²) in [4.78, 5) is 16.6. The SMILES string of the molecule is CN1CC2(CCN(C(=O)CC(C)(C)C)CC2)C1. The molecule has 0 atom stereocenters. The van der Waals surface area contributed by atoms with Gasteiger partial charge in [0.25, 0.3) is 0 Å². The Bertz CT molecular complexity index is 290. The van der Waals surface area contributed by atoms with Crippen LogP contribution in [0.3, 0.4) is 0 Å². The third-order valence-corrected chi connectivity index (χ3v) is 4.07. The summed E-state index contributed by atoms with van der Waals surface area (Å²) in [7, 11) is 2.18. The third-order valence-electron chi connectivity index (χ3n) is 4.07. The van der Waals surface area contributed by atoms with E-state index in [0.29, 0.717) is 17.7 Å². The highest BCUT2D eigenvalue weighted by Crippen LogP contribution is 2.39. The number of carbonyl (C=O) groups is 1. The summed E-state index contributed by atoms with van der Waals surface area (Å²) < 4.78 is 0. The Labute approximate surface area is 105 Å². The molecule has 0 radical (unpaired) electrons. The molecule has 0 aromatic carbocycles. The maximum absolute atomic E-state index is 12.1. The molecule has 0 saturated carbocycles. The zero-order valence-electron chi connectivity index (χ0n) is 11.8. The number of piperidine rings is 1. The van der Waals surface area contributed by atoms with Crippen molar-refractivity contribution in [1.82, 2.24) is 9.80 Å². The summed E-state index contributed by atoms with van der Waals surface area (Å²) in [6.07, 6.45) is 3.08. The largest absolute Gasteiger partial charge is 0.343 e. The molecule has 2 aliphatic rings. The fourth-order valence-corrected chi connectivity index (χ4v) is 3.21. The van der Waals surface area contributed by atoms with Crippen molar-refractivity contribution < 1.29 is 4.79 Å². The van der Waals surface area contributed by atoms with Crippen LogP contribution in [0.25, 0.3) is 0 Å². The molecule has 0 aromatic rings. The van der Waals surface area contributed by atoms with E-state index in [1.54, 1.807) is 0 Å². The lowest BCUT2D eigenvalue weighted by Gasteiger charge is -2.53. The van der Waals surface area contributed by atoms with E-state index in [1.165, 1.54) is 25.9 Å². The average molecular weight is 238 g/mol. The predicted molar refractivity (Wildman–Crippen MR) is 69.8 cm³/mol. The maximum atomic E-state index is 12.1. The molecule has 17 heavy (non-hydrogen) atoms. The van der Waals surface area contributed by atoms with Gasteiger partial charge in [0, 0.05) is 32.6 Å². The first-order valence-electron chi connectivity index (χ1n) is 6.76.